The minimum absolute atomic E-state index is 0.179. The monoisotopic (exact) mass is 380 g/mol. The van der Waals surface area contributed by atoms with Crippen molar-refractivity contribution >= 4 is 33.4 Å². The minimum atomic E-state index is -4.75. The largest absolute Gasteiger partial charge is 0.573 e. The third-order valence-electron chi connectivity index (χ3n) is 3.81. The van der Waals surface area contributed by atoms with E-state index in [0.717, 1.165) is 0 Å². The van der Waals surface area contributed by atoms with Crippen molar-refractivity contribution in [3.8, 4) is 17.1 Å². The number of pyridine rings is 1. The number of aromatic nitrogens is 2. The average molecular weight is 381 g/mol. The SMILES string of the molecule is Fc1cc(Cl)c2nc(-c3cc4cc(OC(F)(F)F)ccc4[nH]3)ccc2c1. The molecule has 2 aromatic heterocycles. The fourth-order valence-electron chi connectivity index (χ4n) is 2.75. The van der Waals surface area contributed by atoms with E-state index in [4.69, 9.17) is 11.6 Å². The number of H-pyrrole nitrogens is 1. The first-order valence-electron chi connectivity index (χ1n) is 7.43. The molecule has 0 amide bonds. The molecular weight excluding hydrogens is 372 g/mol. The molecule has 2 heterocycles. The van der Waals surface area contributed by atoms with E-state index in [2.05, 4.69) is 14.7 Å². The second-order valence-electron chi connectivity index (χ2n) is 5.64. The maximum absolute atomic E-state index is 13.4. The Bertz CT molecular complexity index is 1140. The van der Waals surface area contributed by atoms with Gasteiger partial charge in [0.05, 0.1) is 21.9 Å². The molecule has 0 fully saturated rings. The van der Waals surface area contributed by atoms with Gasteiger partial charge in [-0.15, -0.1) is 13.2 Å². The summed E-state index contributed by atoms with van der Waals surface area (Å²) in [5, 5.41) is 1.27. The third kappa shape index (κ3) is 3.17. The van der Waals surface area contributed by atoms with Crippen LogP contribution in [0, 0.1) is 5.82 Å². The van der Waals surface area contributed by atoms with Gasteiger partial charge < -0.3 is 9.72 Å². The maximum Gasteiger partial charge on any atom is 0.573 e. The van der Waals surface area contributed by atoms with Crippen molar-refractivity contribution in [2.75, 3.05) is 0 Å². The van der Waals surface area contributed by atoms with Gasteiger partial charge >= 0.3 is 6.36 Å². The predicted molar refractivity (Wildman–Crippen MR) is 90.7 cm³/mol. The Labute approximate surface area is 149 Å². The van der Waals surface area contributed by atoms with Crippen LogP contribution in [0.15, 0.2) is 48.5 Å². The molecular formula is C18H9ClF4N2O. The highest BCUT2D eigenvalue weighted by molar-refractivity contribution is 6.35. The lowest BCUT2D eigenvalue weighted by molar-refractivity contribution is -0.274. The number of nitrogens with one attached hydrogen (secondary N) is 1. The highest BCUT2D eigenvalue weighted by Crippen LogP contribution is 2.31. The summed E-state index contributed by atoms with van der Waals surface area (Å²) >= 11 is 6.05. The summed E-state index contributed by atoms with van der Waals surface area (Å²) in [7, 11) is 0. The Kier molecular flexibility index (Phi) is 3.77. The number of hydrogen-bond donors (Lipinski definition) is 1. The lowest BCUT2D eigenvalue weighted by atomic mass is 10.1. The van der Waals surface area contributed by atoms with E-state index in [9.17, 15) is 17.6 Å². The summed E-state index contributed by atoms with van der Waals surface area (Å²) in [6.45, 7) is 0. The number of benzene rings is 2. The molecule has 4 aromatic rings. The molecule has 132 valence electrons. The van der Waals surface area contributed by atoms with Gasteiger partial charge in [0.1, 0.15) is 11.6 Å². The van der Waals surface area contributed by atoms with E-state index >= 15 is 0 Å². The highest BCUT2D eigenvalue weighted by Gasteiger charge is 2.31. The Hall–Kier alpha value is -2.80. The van der Waals surface area contributed by atoms with Crippen molar-refractivity contribution < 1.29 is 22.3 Å². The summed E-state index contributed by atoms with van der Waals surface area (Å²) in [6, 6.07) is 11.5. The normalized spacial score (nSPS) is 12.0. The van der Waals surface area contributed by atoms with Gasteiger partial charge in [-0.1, -0.05) is 17.7 Å². The van der Waals surface area contributed by atoms with E-state index in [0.29, 0.717) is 33.2 Å². The summed E-state index contributed by atoms with van der Waals surface area (Å²) < 4.78 is 54.4. The van der Waals surface area contributed by atoms with Crippen molar-refractivity contribution in [3.05, 3.63) is 59.4 Å². The second-order valence-corrected chi connectivity index (χ2v) is 6.04. The number of ether oxygens (including phenoxy) is 1. The zero-order valence-corrected chi connectivity index (χ0v) is 13.6. The highest BCUT2D eigenvalue weighted by atomic mass is 35.5. The number of nitrogens with zero attached hydrogens (tertiary/aromatic N) is 1. The smallest absolute Gasteiger partial charge is 0.406 e. The van der Waals surface area contributed by atoms with Gasteiger partial charge in [0.2, 0.25) is 0 Å². The van der Waals surface area contributed by atoms with Gasteiger partial charge in [-0.05, 0) is 42.5 Å². The van der Waals surface area contributed by atoms with Crippen LogP contribution < -0.4 is 4.74 Å². The molecule has 4 rings (SSSR count). The summed E-state index contributed by atoms with van der Waals surface area (Å²) in [5.41, 5.74) is 2.18. The number of hydrogen-bond acceptors (Lipinski definition) is 2. The molecule has 3 nitrogen and oxygen atoms in total. The molecule has 26 heavy (non-hydrogen) atoms. The Morgan fingerprint density at radius 3 is 2.54 bits per heavy atom. The van der Waals surface area contributed by atoms with Crippen LogP contribution in [-0.4, -0.2) is 16.3 Å². The van der Waals surface area contributed by atoms with Crippen LogP contribution in [0.1, 0.15) is 0 Å². The quantitative estimate of drug-likeness (QED) is 0.428. The van der Waals surface area contributed by atoms with Crippen molar-refractivity contribution in [1.29, 1.82) is 0 Å². The lowest BCUT2D eigenvalue weighted by Crippen LogP contribution is -2.16. The van der Waals surface area contributed by atoms with Gasteiger partial charge in [0, 0.05) is 16.3 Å². The van der Waals surface area contributed by atoms with Crippen molar-refractivity contribution in [2.45, 2.75) is 6.36 Å². The van der Waals surface area contributed by atoms with Crippen molar-refractivity contribution in [3.63, 3.8) is 0 Å². The van der Waals surface area contributed by atoms with Crippen LogP contribution in [0.2, 0.25) is 5.02 Å². The molecule has 0 saturated heterocycles. The van der Waals surface area contributed by atoms with Gasteiger partial charge in [0.15, 0.2) is 0 Å². The van der Waals surface area contributed by atoms with Gasteiger partial charge in [-0.25, -0.2) is 9.37 Å². The van der Waals surface area contributed by atoms with Crippen molar-refractivity contribution in [1.82, 2.24) is 9.97 Å². The fourth-order valence-corrected chi connectivity index (χ4v) is 3.01. The Balaban J connectivity index is 1.78. The fraction of sp³-hybridized carbons (Fsp3) is 0.0556. The molecule has 0 atom stereocenters. The van der Waals surface area contributed by atoms with E-state index < -0.39 is 12.2 Å². The lowest BCUT2D eigenvalue weighted by Gasteiger charge is -2.08. The average Bonchev–Trinajstić information content (AvgIpc) is 2.96. The minimum Gasteiger partial charge on any atom is -0.406 e. The summed E-state index contributed by atoms with van der Waals surface area (Å²) in [5.74, 6) is -0.764. The Morgan fingerprint density at radius 2 is 1.77 bits per heavy atom. The zero-order valence-electron chi connectivity index (χ0n) is 12.9. The van der Waals surface area contributed by atoms with E-state index in [1.54, 1.807) is 18.2 Å². The molecule has 1 N–H and O–H groups in total. The van der Waals surface area contributed by atoms with E-state index in [-0.39, 0.29) is 10.8 Å². The first-order valence-corrected chi connectivity index (χ1v) is 7.81. The maximum atomic E-state index is 13.4. The Morgan fingerprint density at radius 1 is 0.962 bits per heavy atom. The van der Waals surface area contributed by atoms with Crippen LogP contribution in [0.5, 0.6) is 5.75 Å². The third-order valence-corrected chi connectivity index (χ3v) is 4.10. The molecule has 2 aromatic carbocycles. The number of aromatic amines is 1. The molecule has 0 radical (unpaired) electrons. The first kappa shape index (κ1) is 16.7. The molecule has 0 aliphatic carbocycles. The number of rotatable bonds is 2. The van der Waals surface area contributed by atoms with E-state index in [1.807, 2.05) is 0 Å². The molecule has 0 spiro atoms. The van der Waals surface area contributed by atoms with Crippen molar-refractivity contribution in [2.24, 2.45) is 0 Å². The zero-order chi connectivity index (χ0) is 18.5. The van der Waals surface area contributed by atoms with Crippen LogP contribution >= 0.6 is 11.6 Å². The van der Waals surface area contributed by atoms with Crippen LogP contribution in [-0.2, 0) is 0 Å². The standard InChI is InChI=1S/C18H9ClF4N2O/c19-13-8-11(20)5-9-1-3-15(25-17(9)13)16-7-10-6-12(26-18(21,22)23)2-4-14(10)24-16/h1-8,24H. The van der Waals surface area contributed by atoms with Gasteiger partial charge in [0.25, 0.3) is 0 Å². The second kappa shape index (κ2) is 5.88. The molecule has 8 heteroatoms. The molecule has 0 unspecified atom stereocenters. The van der Waals surface area contributed by atoms with Crippen LogP contribution in [0.4, 0.5) is 17.6 Å². The van der Waals surface area contributed by atoms with Crippen LogP contribution in [0.25, 0.3) is 33.2 Å². The first-order chi connectivity index (χ1) is 12.3. The predicted octanol–water partition coefficient (Wildman–Crippen LogP) is 6.07. The number of fused-ring (bicyclic) bond motifs is 2. The molecule has 0 bridgehead atoms. The number of alkyl halides is 3. The topological polar surface area (TPSA) is 37.9 Å². The molecule has 0 saturated carbocycles. The molecule has 0 aliphatic rings. The van der Waals surface area contributed by atoms with Crippen LogP contribution in [0.3, 0.4) is 0 Å². The van der Waals surface area contributed by atoms with E-state index in [1.165, 1.54) is 30.3 Å². The van der Waals surface area contributed by atoms with Gasteiger partial charge in [-0.2, -0.15) is 0 Å². The number of halogens is 5. The summed E-state index contributed by atoms with van der Waals surface area (Å²) in [4.78, 5) is 7.50. The molecule has 0 aliphatic heterocycles. The van der Waals surface area contributed by atoms with Gasteiger partial charge in [-0.3, -0.25) is 0 Å². The summed E-state index contributed by atoms with van der Waals surface area (Å²) in [6.07, 6.45) is -4.75.